The predicted octanol–water partition coefficient (Wildman–Crippen LogP) is 3.39. The average molecular weight is 212 g/mol. The molecular weight excluding hydrogens is 196 g/mol. The van der Waals surface area contributed by atoms with Crippen molar-refractivity contribution in [3.63, 3.8) is 0 Å². The molecule has 0 aliphatic rings. The smallest absolute Gasteiger partial charge is 0.215 e. The molecule has 0 aromatic heterocycles. The molecule has 1 aromatic rings. The maximum absolute atomic E-state index is 6.75. The third-order valence-corrected chi connectivity index (χ3v) is 2.55. The summed E-state index contributed by atoms with van der Waals surface area (Å²) >= 11 is 0. The Morgan fingerprint density at radius 2 is 1.25 bits per heavy atom. The van der Waals surface area contributed by atoms with Gasteiger partial charge in [0.2, 0.25) is 13.1 Å². The molecule has 0 bridgehead atoms. The molecule has 0 spiro atoms. The van der Waals surface area contributed by atoms with Crippen molar-refractivity contribution in [3.8, 4) is 0 Å². The monoisotopic (exact) mass is 212 g/mol. The molecule has 0 aliphatic carbocycles. The second kappa shape index (κ2) is 7.49. The van der Waals surface area contributed by atoms with Crippen molar-refractivity contribution in [1.29, 1.82) is 0 Å². The Morgan fingerprint density at radius 3 is 1.62 bits per heavy atom. The van der Waals surface area contributed by atoms with Gasteiger partial charge in [0.15, 0.2) is 0 Å². The Labute approximate surface area is 97.6 Å². The third kappa shape index (κ3) is 4.15. The number of nitrogens with zero attached hydrogens (tertiary/aromatic N) is 2. The Bertz CT molecular complexity index is 357. The molecular formula is C14H16N2. The molecule has 0 fully saturated rings. The van der Waals surface area contributed by atoms with Crippen LogP contribution in [-0.2, 0) is 12.8 Å². The minimum absolute atomic E-state index is 0.608. The Hall–Kier alpha value is -1.80. The zero-order valence-corrected chi connectivity index (χ0v) is 9.45. The molecule has 82 valence electrons. The quantitative estimate of drug-likeness (QED) is 0.505. The van der Waals surface area contributed by atoms with E-state index in [9.17, 15) is 0 Å². The minimum atomic E-state index is 0.608. The van der Waals surface area contributed by atoms with Gasteiger partial charge in [-0.3, -0.25) is 0 Å². The molecule has 0 heterocycles. The highest BCUT2D eigenvalue weighted by atomic mass is 14.6. The second-order valence-corrected chi connectivity index (χ2v) is 3.74. The van der Waals surface area contributed by atoms with Crippen LogP contribution in [0.2, 0.25) is 0 Å². The number of aryl methyl sites for hydroxylation is 2. The largest absolute Gasteiger partial charge is 0.317 e. The lowest BCUT2D eigenvalue weighted by molar-refractivity contribution is 0.838. The summed E-state index contributed by atoms with van der Waals surface area (Å²) < 4.78 is 0. The fourth-order valence-corrected chi connectivity index (χ4v) is 1.74. The summed E-state index contributed by atoms with van der Waals surface area (Å²) in [4.78, 5) is 6.73. The summed E-state index contributed by atoms with van der Waals surface area (Å²) in [7, 11) is 0. The summed E-state index contributed by atoms with van der Waals surface area (Å²) in [5.41, 5.74) is 2.69. The van der Waals surface area contributed by atoms with Gasteiger partial charge < -0.3 is 9.69 Å². The molecule has 1 aromatic carbocycles. The minimum Gasteiger partial charge on any atom is -0.317 e. The summed E-state index contributed by atoms with van der Waals surface area (Å²) in [5, 5.41) is 0. The molecule has 0 unspecified atom stereocenters. The van der Waals surface area contributed by atoms with Crippen LogP contribution in [0.5, 0.6) is 0 Å². The van der Waals surface area contributed by atoms with Crippen molar-refractivity contribution in [3.05, 3.63) is 58.2 Å². The highest BCUT2D eigenvalue weighted by molar-refractivity contribution is 5.27. The van der Waals surface area contributed by atoms with E-state index in [1.807, 2.05) is 12.1 Å². The summed E-state index contributed by atoms with van der Waals surface area (Å²) in [6, 6.07) is 8.37. The van der Waals surface area contributed by atoms with E-state index in [0.717, 1.165) is 25.7 Å². The van der Waals surface area contributed by atoms with Crippen LogP contribution in [-0.4, -0.2) is 13.1 Å². The fraction of sp³-hybridized carbons (Fsp3) is 0.429. The van der Waals surface area contributed by atoms with Crippen LogP contribution in [0.15, 0.2) is 24.3 Å². The van der Waals surface area contributed by atoms with Crippen LogP contribution in [0.3, 0.4) is 0 Å². The van der Waals surface area contributed by atoms with Gasteiger partial charge in [-0.15, -0.1) is 0 Å². The topological polar surface area (TPSA) is 8.72 Å². The number of rotatable bonds is 6. The molecule has 2 heteroatoms. The van der Waals surface area contributed by atoms with Gasteiger partial charge in [0.1, 0.15) is 0 Å². The van der Waals surface area contributed by atoms with E-state index in [-0.39, 0.29) is 0 Å². The van der Waals surface area contributed by atoms with Gasteiger partial charge in [0, 0.05) is 12.8 Å². The van der Waals surface area contributed by atoms with E-state index in [0.29, 0.717) is 13.1 Å². The first-order valence-electron chi connectivity index (χ1n) is 5.61. The molecule has 0 aliphatic heterocycles. The van der Waals surface area contributed by atoms with Crippen LogP contribution in [0.1, 0.15) is 24.0 Å². The van der Waals surface area contributed by atoms with E-state index in [1.54, 1.807) is 0 Å². The highest BCUT2D eigenvalue weighted by Gasteiger charge is 2.02. The van der Waals surface area contributed by atoms with Crippen LogP contribution < -0.4 is 0 Å². The Kier molecular flexibility index (Phi) is 5.74. The maximum Gasteiger partial charge on any atom is 0.215 e. The summed E-state index contributed by atoms with van der Waals surface area (Å²) in [5.74, 6) is 0. The highest BCUT2D eigenvalue weighted by Crippen LogP contribution is 2.13. The molecule has 0 amide bonds. The van der Waals surface area contributed by atoms with E-state index < -0.39 is 0 Å². The molecule has 0 saturated carbocycles. The van der Waals surface area contributed by atoms with Crippen molar-refractivity contribution in [2.75, 3.05) is 13.1 Å². The van der Waals surface area contributed by atoms with Gasteiger partial charge in [-0.05, 0) is 24.0 Å². The van der Waals surface area contributed by atoms with Gasteiger partial charge in [-0.25, -0.2) is 13.1 Å². The van der Waals surface area contributed by atoms with E-state index in [1.165, 1.54) is 11.1 Å². The molecule has 0 atom stereocenters. The van der Waals surface area contributed by atoms with E-state index in [4.69, 9.17) is 13.1 Å². The van der Waals surface area contributed by atoms with Crippen molar-refractivity contribution >= 4 is 0 Å². The average Bonchev–Trinajstić information content (AvgIpc) is 2.32. The lowest BCUT2D eigenvalue weighted by Crippen LogP contribution is -1.96. The standard InChI is InChI=1S/C14H16N2/c1-15-11-5-9-13-7-3-4-8-14(13)10-6-12-16-2/h3-4,7-8H,5-6,9-12H2. The molecule has 0 saturated heterocycles. The molecule has 0 radical (unpaired) electrons. The maximum atomic E-state index is 6.75. The van der Waals surface area contributed by atoms with Gasteiger partial charge in [-0.1, -0.05) is 24.3 Å². The molecule has 16 heavy (non-hydrogen) atoms. The normalized spacial score (nSPS) is 9.38. The van der Waals surface area contributed by atoms with Gasteiger partial charge in [0.05, 0.1) is 0 Å². The number of benzene rings is 1. The van der Waals surface area contributed by atoms with Crippen molar-refractivity contribution in [1.82, 2.24) is 0 Å². The van der Waals surface area contributed by atoms with Crippen LogP contribution in [0.25, 0.3) is 9.69 Å². The van der Waals surface area contributed by atoms with Gasteiger partial charge in [0.25, 0.3) is 0 Å². The van der Waals surface area contributed by atoms with E-state index >= 15 is 0 Å². The van der Waals surface area contributed by atoms with E-state index in [2.05, 4.69) is 21.8 Å². The van der Waals surface area contributed by atoms with Crippen LogP contribution in [0.4, 0.5) is 0 Å². The lowest BCUT2D eigenvalue weighted by atomic mass is 9.99. The summed E-state index contributed by atoms with van der Waals surface area (Å²) in [6.45, 7) is 14.7. The van der Waals surface area contributed by atoms with Gasteiger partial charge in [-0.2, -0.15) is 0 Å². The zero-order chi connectivity index (χ0) is 11.6. The predicted molar refractivity (Wildman–Crippen MR) is 66.0 cm³/mol. The van der Waals surface area contributed by atoms with Crippen LogP contribution >= 0.6 is 0 Å². The third-order valence-electron chi connectivity index (χ3n) is 2.55. The number of hydrogen-bond donors (Lipinski definition) is 0. The lowest BCUT2D eigenvalue weighted by Gasteiger charge is -2.06. The van der Waals surface area contributed by atoms with Crippen molar-refractivity contribution in [2.45, 2.75) is 25.7 Å². The first kappa shape index (κ1) is 12.3. The second-order valence-electron chi connectivity index (χ2n) is 3.74. The van der Waals surface area contributed by atoms with Crippen LogP contribution in [0, 0.1) is 13.1 Å². The van der Waals surface area contributed by atoms with Crippen molar-refractivity contribution in [2.24, 2.45) is 0 Å². The first-order valence-corrected chi connectivity index (χ1v) is 5.61. The van der Waals surface area contributed by atoms with Gasteiger partial charge >= 0.3 is 0 Å². The first-order chi connectivity index (χ1) is 7.88. The SMILES string of the molecule is [C-]#[N+]CCCc1ccccc1CCC[N+]#[C-]. The number of hydrogen-bond acceptors (Lipinski definition) is 0. The van der Waals surface area contributed by atoms with Crippen molar-refractivity contribution < 1.29 is 0 Å². The zero-order valence-electron chi connectivity index (χ0n) is 9.45. The Morgan fingerprint density at radius 1 is 0.812 bits per heavy atom. The summed E-state index contributed by atoms with van der Waals surface area (Å²) in [6.07, 6.45) is 3.83. The molecule has 2 nitrogen and oxygen atoms in total. The fourth-order valence-electron chi connectivity index (χ4n) is 1.74. The molecule has 1 rings (SSSR count). The Balaban J connectivity index is 2.54. The molecule has 0 N–H and O–H groups in total.